The maximum Gasteiger partial charge on any atom is 0.420 e. The van der Waals surface area contributed by atoms with Gasteiger partial charge < -0.3 is 19.3 Å². The Labute approximate surface area is 81.7 Å². The third-order valence-electron chi connectivity index (χ3n) is 1.80. The van der Waals surface area contributed by atoms with Crippen LogP contribution in [0.5, 0.6) is 0 Å². The van der Waals surface area contributed by atoms with Crippen molar-refractivity contribution >= 4 is 11.9 Å². The molecule has 0 spiro atoms. The topological polar surface area (TPSA) is 59.1 Å². The van der Waals surface area contributed by atoms with Gasteiger partial charge in [-0.25, -0.2) is 9.59 Å². The fourth-order valence-corrected chi connectivity index (χ4v) is 1.04. The number of hydrogen-bond acceptors (Lipinski definition) is 6. The van der Waals surface area contributed by atoms with Crippen LogP contribution in [0.1, 0.15) is 0 Å². The first-order valence-electron chi connectivity index (χ1n) is 3.97. The lowest BCUT2D eigenvalue weighted by Gasteiger charge is -2.25. The molecule has 0 saturated carbocycles. The Morgan fingerprint density at radius 1 is 1.14 bits per heavy atom. The van der Waals surface area contributed by atoms with E-state index in [2.05, 4.69) is 4.74 Å². The third kappa shape index (κ3) is 1.95. The molecule has 1 aliphatic heterocycles. The summed E-state index contributed by atoms with van der Waals surface area (Å²) in [4.78, 5) is 25.1. The van der Waals surface area contributed by atoms with Crippen LogP contribution in [-0.2, 0) is 19.1 Å². The summed E-state index contributed by atoms with van der Waals surface area (Å²) in [7, 11) is 4.59. The Morgan fingerprint density at radius 3 is 2.07 bits per heavy atom. The van der Waals surface area contributed by atoms with Crippen LogP contribution in [0.3, 0.4) is 0 Å². The molecule has 0 aromatic carbocycles. The summed E-state index contributed by atoms with van der Waals surface area (Å²) in [6.07, 6.45) is 2.88. The number of methoxy groups -OCH3 is 1. The van der Waals surface area contributed by atoms with E-state index >= 15 is 0 Å². The molecule has 0 aromatic heterocycles. The fraction of sp³-hybridized carbons (Fsp3) is 0.500. The largest absolute Gasteiger partial charge is 0.461 e. The van der Waals surface area contributed by atoms with Gasteiger partial charge in [-0.3, -0.25) is 0 Å². The lowest BCUT2D eigenvalue weighted by molar-refractivity contribution is -0.179. The zero-order chi connectivity index (χ0) is 10.7. The average molecular weight is 200 g/mol. The van der Waals surface area contributed by atoms with E-state index in [-0.39, 0.29) is 0 Å². The van der Waals surface area contributed by atoms with Gasteiger partial charge in [-0.1, -0.05) is 0 Å². The minimum absolute atomic E-state index is 0.582. The lowest BCUT2D eigenvalue weighted by Crippen LogP contribution is -2.40. The first kappa shape index (κ1) is 10.4. The molecule has 0 aliphatic carbocycles. The summed E-state index contributed by atoms with van der Waals surface area (Å²) in [5.74, 6) is -2.00. The quantitative estimate of drug-likeness (QED) is 0.413. The summed E-state index contributed by atoms with van der Waals surface area (Å²) in [6, 6.07) is 0. The van der Waals surface area contributed by atoms with E-state index in [0.717, 1.165) is 7.11 Å². The highest BCUT2D eigenvalue weighted by Gasteiger charge is 2.28. The Balaban J connectivity index is 2.53. The minimum atomic E-state index is -1.00. The number of rotatable bonds is 1. The highest BCUT2D eigenvalue weighted by molar-refractivity contribution is 6.29. The molecule has 0 aromatic rings. The number of carbonyl (C=O) groups is 2. The van der Waals surface area contributed by atoms with Crippen LogP contribution in [0.2, 0.25) is 0 Å². The van der Waals surface area contributed by atoms with Gasteiger partial charge in [-0.05, 0) is 0 Å². The average Bonchev–Trinajstić information content (AvgIpc) is 2.48. The second kappa shape index (κ2) is 3.99. The summed E-state index contributed by atoms with van der Waals surface area (Å²) >= 11 is 0. The number of ether oxygens (including phenoxy) is 2. The maximum absolute atomic E-state index is 11.0. The molecular formula is C8H12N2O4. The van der Waals surface area contributed by atoms with Gasteiger partial charge in [0.15, 0.2) is 0 Å². The van der Waals surface area contributed by atoms with Gasteiger partial charge in [0.2, 0.25) is 0 Å². The molecule has 78 valence electrons. The minimum Gasteiger partial charge on any atom is -0.461 e. The first-order chi connectivity index (χ1) is 6.56. The zero-order valence-corrected chi connectivity index (χ0v) is 8.26. The number of carbonyl (C=O) groups excluding carboxylic acids is 2. The van der Waals surface area contributed by atoms with Crippen LogP contribution in [0.25, 0.3) is 0 Å². The molecule has 1 heterocycles. The van der Waals surface area contributed by atoms with Crippen molar-refractivity contribution in [2.45, 2.75) is 6.35 Å². The summed E-state index contributed by atoms with van der Waals surface area (Å²) in [5.41, 5.74) is 0. The van der Waals surface area contributed by atoms with Gasteiger partial charge in [-0.15, -0.1) is 0 Å². The van der Waals surface area contributed by atoms with E-state index in [1.165, 1.54) is 0 Å². The first-order valence-corrected chi connectivity index (χ1v) is 3.97. The zero-order valence-electron chi connectivity index (χ0n) is 8.26. The molecule has 0 amide bonds. The van der Waals surface area contributed by atoms with E-state index in [4.69, 9.17) is 4.74 Å². The van der Waals surface area contributed by atoms with Crippen LogP contribution >= 0.6 is 0 Å². The molecule has 0 bridgehead atoms. The molecule has 6 nitrogen and oxygen atoms in total. The van der Waals surface area contributed by atoms with Gasteiger partial charge in [0.1, 0.15) is 0 Å². The van der Waals surface area contributed by atoms with Gasteiger partial charge in [0.05, 0.1) is 7.11 Å². The highest BCUT2D eigenvalue weighted by Crippen LogP contribution is 2.12. The number of esters is 2. The molecule has 1 rings (SSSR count). The van der Waals surface area contributed by atoms with Gasteiger partial charge >= 0.3 is 11.9 Å². The lowest BCUT2D eigenvalue weighted by atomic mass is 10.6. The van der Waals surface area contributed by atoms with Crippen molar-refractivity contribution in [3.05, 3.63) is 12.4 Å². The van der Waals surface area contributed by atoms with E-state index in [1.807, 2.05) is 0 Å². The molecular weight excluding hydrogens is 188 g/mol. The molecule has 6 heteroatoms. The van der Waals surface area contributed by atoms with Gasteiger partial charge in [0.25, 0.3) is 6.35 Å². The molecule has 0 fully saturated rings. The van der Waals surface area contributed by atoms with Gasteiger partial charge in [0, 0.05) is 26.5 Å². The van der Waals surface area contributed by atoms with Crippen LogP contribution in [0.4, 0.5) is 0 Å². The summed E-state index contributed by atoms with van der Waals surface area (Å²) in [6.45, 7) is 0. The van der Waals surface area contributed by atoms with E-state index in [0.29, 0.717) is 0 Å². The van der Waals surface area contributed by atoms with Crippen molar-refractivity contribution in [2.75, 3.05) is 21.2 Å². The highest BCUT2D eigenvalue weighted by atomic mass is 16.6. The van der Waals surface area contributed by atoms with Crippen LogP contribution in [-0.4, -0.2) is 49.3 Å². The standard InChI is InChI=1S/C8H12N2O4/c1-9-4-5-10(2)8(9)14-7(12)6(11)13-3/h4-5,8H,1-3H3. The van der Waals surface area contributed by atoms with Crippen molar-refractivity contribution < 1.29 is 19.1 Å². The molecule has 0 N–H and O–H groups in total. The molecule has 14 heavy (non-hydrogen) atoms. The molecule has 0 atom stereocenters. The number of hydrogen-bond donors (Lipinski definition) is 0. The number of nitrogens with zero attached hydrogens (tertiary/aromatic N) is 2. The van der Waals surface area contributed by atoms with E-state index in [9.17, 15) is 9.59 Å². The molecule has 0 radical (unpaired) electrons. The van der Waals surface area contributed by atoms with Gasteiger partial charge in [-0.2, -0.15) is 0 Å². The fourth-order valence-electron chi connectivity index (χ4n) is 1.04. The van der Waals surface area contributed by atoms with Crippen LogP contribution in [0, 0.1) is 0 Å². The molecule has 0 unspecified atom stereocenters. The Morgan fingerprint density at radius 2 is 1.64 bits per heavy atom. The Bertz CT molecular complexity index is 265. The smallest absolute Gasteiger partial charge is 0.420 e. The van der Waals surface area contributed by atoms with Crippen molar-refractivity contribution in [3.63, 3.8) is 0 Å². The SMILES string of the molecule is COC(=O)C(=O)OC1N(C)C=CN1C. The summed E-state index contributed by atoms with van der Waals surface area (Å²) < 4.78 is 9.09. The van der Waals surface area contributed by atoms with Crippen molar-refractivity contribution in [2.24, 2.45) is 0 Å². The summed E-state index contributed by atoms with van der Waals surface area (Å²) in [5, 5.41) is 0. The van der Waals surface area contributed by atoms with E-state index in [1.54, 1.807) is 36.3 Å². The van der Waals surface area contributed by atoms with Crippen molar-refractivity contribution in [1.82, 2.24) is 9.80 Å². The van der Waals surface area contributed by atoms with Crippen LogP contribution in [0.15, 0.2) is 12.4 Å². The Kier molecular flexibility index (Phi) is 2.95. The van der Waals surface area contributed by atoms with Crippen LogP contribution < -0.4 is 0 Å². The second-order valence-corrected chi connectivity index (χ2v) is 2.85. The second-order valence-electron chi connectivity index (χ2n) is 2.85. The normalized spacial score (nSPS) is 15.9. The molecule has 1 aliphatic rings. The van der Waals surface area contributed by atoms with Crippen molar-refractivity contribution in [1.29, 1.82) is 0 Å². The molecule has 0 saturated heterocycles. The third-order valence-corrected chi connectivity index (χ3v) is 1.80. The predicted octanol–water partition coefficient (Wildman–Crippen LogP) is -0.665. The van der Waals surface area contributed by atoms with Crippen molar-refractivity contribution in [3.8, 4) is 0 Å². The monoisotopic (exact) mass is 200 g/mol. The predicted molar refractivity (Wildman–Crippen MR) is 46.6 cm³/mol. The van der Waals surface area contributed by atoms with E-state index < -0.39 is 18.3 Å². The Hall–Kier alpha value is -1.72. The maximum atomic E-state index is 11.0.